The van der Waals surface area contributed by atoms with E-state index >= 15 is 0 Å². The number of hydrogen-bond donors (Lipinski definition) is 0. The minimum Gasteiger partial charge on any atom is -0.497 e. The Morgan fingerprint density at radius 3 is 2.31 bits per heavy atom. The van der Waals surface area contributed by atoms with Crippen molar-refractivity contribution >= 4 is 11.0 Å². The second-order valence-electron chi connectivity index (χ2n) is 7.97. The molecular weight excluding hydrogens is 402 g/mol. The smallest absolute Gasteiger partial charge is 0.193 e. The Morgan fingerprint density at radius 2 is 1.62 bits per heavy atom. The molecule has 1 heterocycles. The lowest BCUT2D eigenvalue weighted by Gasteiger charge is -2.21. The van der Waals surface area contributed by atoms with Crippen LogP contribution in [0.2, 0.25) is 0 Å². The largest absolute Gasteiger partial charge is 0.497 e. The van der Waals surface area contributed by atoms with Gasteiger partial charge in [0, 0.05) is 24.6 Å². The monoisotopic (exact) mass is 429 g/mol. The molecule has 1 aromatic heterocycles. The molecule has 4 aromatic rings. The van der Waals surface area contributed by atoms with Gasteiger partial charge >= 0.3 is 0 Å². The second-order valence-corrected chi connectivity index (χ2v) is 7.97. The van der Waals surface area contributed by atoms with Gasteiger partial charge in [0.05, 0.1) is 12.5 Å². The second kappa shape index (κ2) is 9.71. The van der Waals surface area contributed by atoms with Crippen LogP contribution in [0.15, 0.2) is 88.1 Å². The van der Waals surface area contributed by atoms with Crippen LogP contribution in [0.5, 0.6) is 11.5 Å². The van der Waals surface area contributed by atoms with Crippen LogP contribution in [0.3, 0.4) is 0 Å². The Kier molecular flexibility index (Phi) is 6.57. The first-order valence-corrected chi connectivity index (χ1v) is 10.6. The van der Waals surface area contributed by atoms with Crippen molar-refractivity contribution in [3.63, 3.8) is 0 Å². The third kappa shape index (κ3) is 5.01. The van der Waals surface area contributed by atoms with E-state index in [1.54, 1.807) is 19.2 Å². The number of methoxy groups -OCH3 is 1. The molecule has 0 aliphatic heterocycles. The van der Waals surface area contributed by atoms with Crippen LogP contribution < -0.4 is 14.9 Å². The molecule has 1 atom stereocenters. The molecule has 164 valence electrons. The van der Waals surface area contributed by atoms with E-state index < -0.39 is 0 Å². The topological polar surface area (TPSA) is 51.9 Å². The number of hydrogen-bond acceptors (Lipinski definition) is 5. The van der Waals surface area contributed by atoms with E-state index in [-0.39, 0.29) is 11.5 Å². The zero-order chi connectivity index (χ0) is 22.5. The van der Waals surface area contributed by atoms with E-state index in [0.717, 1.165) is 29.8 Å². The van der Waals surface area contributed by atoms with Crippen LogP contribution in [0.1, 0.15) is 18.1 Å². The zero-order valence-electron chi connectivity index (χ0n) is 18.6. The fourth-order valence-corrected chi connectivity index (χ4v) is 3.61. The van der Waals surface area contributed by atoms with Gasteiger partial charge in [-0.15, -0.1) is 0 Å². The van der Waals surface area contributed by atoms with Crippen LogP contribution in [0, 0.1) is 0 Å². The maximum Gasteiger partial charge on any atom is 0.193 e. The SMILES string of the molecule is COc1ccc(-c2cc(=O)c3cc(OC(CCN(C)C)c4ccccc4)ccc3o2)cc1. The summed E-state index contributed by atoms with van der Waals surface area (Å²) < 4.78 is 17.6. The van der Waals surface area contributed by atoms with Gasteiger partial charge in [-0.1, -0.05) is 30.3 Å². The molecule has 0 fully saturated rings. The van der Waals surface area contributed by atoms with E-state index in [1.807, 2.05) is 62.6 Å². The summed E-state index contributed by atoms with van der Waals surface area (Å²) in [6.45, 7) is 0.889. The highest BCUT2D eigenvalue weighted by Crippen LogP contribution is 2.29. The fraction of sp³-hybridized carbons (Fsp3) is 0.222. The number of rotatable bonds is 8. The highest BCUT2D eigenvalue weighted by Gasteiger charge is 2.15. The predicted octanol–water partition coefficient (Wildman–Crippen LogP) is 5.54. The Morgan fingerprint density at radius 1 is 0.906 bits per heavy atom. The van der Waals surface area contributed by atoms with Gasteiger partial charge in [0.25, 0.3) is 0 Å². The molecule has 0 saturated heterocycles. The first kappa shape index (κ1) is 21.7. The summed E-state index contributed by atoms with van der Waals surface area (Å²) in [5, 5.41) is 0.499. The molecule has 0 amide bonds. The molecule has 5 heteroatoms. The van der Waals surface area contributed by atoms with Gasteiger partial charge in [-0.3, -0.25) is 4.79 Å². The molecule has 0 N–H and O–H groups in total. The maximum atomic E-state index is 12.9. The van der Waals surface area contributed by atoms with Crippen LogP contribution in [-0.2, 0) is 0 Å². The molecule has 0 aliphatic rings. The van der Waals surface area contributed by atoms with Gasteiger partial charge in [0.2, 0.25) is 0 Å². The van der Waals surface area contributed by atoms with Gasteiger partial charge in [0.1, 0.15) is 28.9 Å². The third-order valence-corrected chi connectivity index (χ3v) is 5.36. The minimum atomic E-state index is -0.110. The summed E-state index contributed by atoms with van der Waals surface area (Å²) in [5.41, 5.74) is 2.35. The average Bonchev–Trinajstić information content (AvgIpc) is 2.82. The van der Waals surface area contributed by atoms with E-state index in [2.05, 4.69) is 17.0 Å². The minimum absolute atomic E-state index is 0.105. The van der Waals surface area contributed by atoms with Crippen molar-refractivity contribution in [2.75, 3.05) is 27.7 Å². The highest BCUT2D eigenvalue weighted by molar-refractivity contribution is 5.80. The van der Waals surface area contributed by atoms with Gasteiger partial charge in [0.15, 0.2) is 5.43 Å². The molecule has 0 saturated carbocycles. The molecule has 32 heavy (non-hydrogen) atoms. The Bertz CT molecular complexity index is 1230. The van der Waals surface area contributed by atoms with Gasteiger partial charge in [-0.05, 0) is 62.1 Å². The summed E-state index contributed by atoms with van der Waals surface area (Å²) in [4.78, 5) is 15.0. The summed E-state index contributed by atoms with van der Waals surface area (Å²) in [6.07, 6.45) is 0.724. The summed E-state index contributed by atoms with van der Waals surface area (Å²) in [5.74, 6) is 1.92. The van der Waals surface area contributed by atoms with Crippen LogP contribution in [0.4, 0.5) is 0 Å². The van der Waals surface area contributed by atoms with Crippen molar-refractivity contribution in [1.29, 1.82) is 0 Å². The Balaban J connectivity index is 1.63. The lowest BCUT2D eigenvalue weighted by Crippen LogP contribution is -2.18. The van der Waals surface area contributed by atoms with Crippen molar-refractivity contribution in [2.24, 2.45) is 0 Å². The van der Waals surface area contributed by atoms with Gasteiger partial charge in [-0.2, -0.15) is 0 Å². The van der Waals surface area contributed by atoms with Crippen LogP contribution in [0.25, 0.3) is 22.3 Å². The van der Waals surface area contributed by atoms with Crippen LogP contribution in [-0.4, -0.2) is 32.6 Å². The van der Waals surface area contributed by atoms with Crippen molar-refractivity contribution in [1.82, 2.24) is 4.90 Å². The van der Waals surface area contributed by atoms with Crippen molar-refractivity contribution in [3.05, 3.63) is 94.6 Å². The standard InChI is InChI=1S/C27H27NO4/c1-28(2)16-15-25(19-7-5-4-6-8-19)31-22-13-14-26-23(17-22)24(29)18-27(32-26)20-9-11-21(30-3)12-10-20/h4-14,17-18,25H,15-16H2,1-3H3. The van der Waals surface area contributed by atoms with Crippen LogP contribution >= 0.6 is 0 Å². The molecule has 0 radical (unpaired) electrons. The molecule has 1 unspecified atom stereocenters. The lowest BCUT2D eigenvalue weighted by molar-refractivity contribution is 0.179. The van der Waals surface area contributed by atoms with E-state index in [9.17, 15) is 4.79 Å². The third-order valence-electron chi connectivity index (χ3n) is 5.36. The lowest BCUT2D eigenvalue weighted by atomic mass is 10.1. The molecule has 0 aliphatic carbocycles. The first-order valence-electron chi connectivity index (χ1n) is 10.6. The molecule has 0 spiro atoms. The average molecular weight is 430 g/mol. The van der Waals surface area contributed by atoms with E-state index in [0.29, 0.717) is 22.5 Å². The van der Waals surface area contributed by atoms with Crippen molar-refractivity contribution in [3.8, 4) is 22.8 Å². The maximum absolute atomic E-state index is 12.9. The normalized spacial score (nSPS) is 12.1. The number of nitrogens with zero attached hydrogens (tertiary/aromatic N) is 1. The highest BCUT2D eigenvalue weighted by atomic mass is 16.5. The van der Waals surface area contributed by atoms with Gasteiger partial charge < -0.3 is 18.8 Å². The summed E-state index contributed by atoms with van der Waals surface area (Å²) in [7, 11) is 5.71. The van der Waals surface area contributed by atoms with Gasteiger partial charge in [-0.25, -0.2) is 0 Å². The van der Waals surface area contributed by atoms with E-state index in [1.165, 1.54) is 6.07 Å². The molecule has 4 rings (SSSR count). The van der Waals surface area contributed by atoms with E-state index in [4.69, 9.17) is 13.9 Å². The number of ether oxygens (including phenoxy) is 2. The Hall–Kier alpha value is -3.57. The zero-order valence-corrected chi connectivity index (χ0v) is 18.6. The van der Waals surface area contributed by atoms with Crippen molar-refractivity contribution < 1.29 is 13.9 Å². The molecule has 5 nitrogen and oxygen atoms in total. The first-order chi connectivity index (χ1) is 15.5. The molecular formula is C27H27NO4. The molecule has 0 bridgehead atoms. The Labute approximate surface area is 187 Å². The van der Waals surface area contributed by atoms with Crippen molar-refractivity contribution in [2.45, 2.75) is 12.5 Å². The molecule has 3 aromatic carbocycles. The predicted molar refractivity (Wildman–Crippen MR) is 127 cm³/mol. The number of fused-ring (bicyclic) bond motifs is 1. The summed E-state index contributed by atoms with van der Waals surface area (Å²) >= 11 is 0. The number of benzene rings is 3. The summed E-state index contributed by atoms with van der Waals surface area (Å²) in [6, 6.07) is 24.5. The fourth-order valence-electron chi connectivity index (χ4n) is 3.61. The quantitative estimate of drug-likeness (QED) is 0.368.